The molecule has 1 unspecified atom stereocenters. The molecule has 2 aliphatic rings. The highest BCUT2D eigenvalue weighted by molar-refractivity contribution is 7.09. The van der Waals surface area contributed by atoms with Gasteiger partial charge in [0, 0.05) is 42.3 Å². The smallest absolute Gasteiger partial charge is 0.270 e. The fourth-order valence-corrected chi connectivity index (χ4v) is 5.25. The van der Waals surface area contributed by atoms with Gasteiger partial charge in [0.2, 0.25) is 12.7 Å². The summed E-state index contributed by atoms with van der Waals surface area (Å²) in [6.45, 7) is 1.50. The number of fused-ring (bicyclic) bond motifs is 1. The number of nitrogens with zero attached hydrogens (tertiary/aromatic N) is 3. The van der Waals surface area contributed by atoms with E-state index in [0.717, 1.165) is 23.3 Å². The van der Waals surface area contributed by atoms with E-state index in [-0.39, 0.29) is 43.1 Å². The molecule has 0 bridgehead atoms. The van der Waals surface area contributed by atoms with Gasteiger partial charge < -0.3 is 24.0 Å². The minimum Gasteiger partial charge on any atom is -0.454 e. The molecule has 3 heterocycles. The summed E-state index contributed by atoms with van der Waals surface area (Å²) in [5.74, 6) is 0.603. The number of rotatable bonds is 10. The monoisotopic (exact) mass is 537 g/mol. The van der Waals surface area contributed by atoms with Crippen molar-refractivity contribution in [3.05, 3.63) is 86.1 Å². The van der Waals surface area contributed by atoms with E-state index >= 15 is 0 Å². The van der Waals surface area contributed by atoms with Crippen LogP contribution in [-0.4, -0.2) is 59.1 Å². The van der Waals surface area contributed by atoms with Gasteiger partial charge in [-0.25, -0.2) is 0 Å². The maximum atomic E-state index is 13.7. The number of nitro benzene ring substituents is 1. The summed E-state index contributed by atoms with van der Waals surface area (Å²) < 4.78 is 16.6. The van der Waals surface area contributed by atoms with Crippen molar-refractivity contribution < 1.29 is 28.7 Å². The first kappa shape index (κ1) is 25.7. The molecular formula is C27H27N3O7S. The molecule has 0 saturated carbocycles. The van der Waals surface area contributed by atoms with Gasteiger partial charge in [-0.2, -0.15) is 0 Å². The Morgan fingerprint density at radius 3 is 2.66 bits per heavy atom. The van der Waals surface area contributed by atoms with Gasteiger partial charge in [-0.1, -0.05) is 18.2 Å². The normalized spacial score (nSPS) is 15.8. The van der Waals surface area contributed by atoms with Crippen LogP contribution < -0.4 is 9.47 Å². The molecule has 0 N–H and O–H groups in total. The van der Waals surface area contributed by atoms with Crippen LogP contribution in [0.25, 0.3) is 0 Å². The van der Waals surface area contributed by atoms with Gasteiger partial charge in [0.05, 0.1) is 17.6 Å². The maximum Gasteiger partial charge on any atom is 0.270 e. The first-order valence-electron chi connectivity index (χ1n) is 12.3. The van der Waals surface area contributed by atoms with Crippen LogP contribution in [-0.2, 0) is 22.6 Å². The highest BCUT2D eigenvalue weighted by Crippen LogP contribution is 2.33. The third kappa shape index (κ3) is 6.12. The minimum absolute atomic E-state index is 0.158. The van der Waals surface area contributed by atoms with E-state index < -0.39 is 10.8 Å². The van der Waals surface area contributed by atoms with Gasteiger partial charge in [0.25, 0.3) is 11.6 Å². The van der Waals surface area contributed by atoms with E-state index in [0.29, 0.717) is 31.2 Å². The van der Waals surface area contributed by atoms with Crippen molar-refractivity contribution in [1.29, 1.82) is 0 Å². The van der Waals surface area contributed by atoms with Gasteiger partial charge in [-0.05, 0) is 48.1 Å². The Balaban J connectivity index is 1.38. The number of hydrogen-bond acceptors (Lipinski definition) is 8. The molecule has 3 aromatic rings. The zero-order valence-electron chi connectivity index (χ0n) is 20.6. The zero-order chi connectivity index (χ0) is 26.5. The number of nitro groups is 1. The average molecular weight is 538 g/mol. The van der Waals surface area contributed by atoms with Crippen LogP contribution in [0, 0.1) is 10.1 Å². The Morgan fingerprint density at radius 1 is 1.03 bits per heavy atom. The van der Waals surface area contributed by atoms with Crippen molar-refractivity contribution in [2.24, 2.45) is 0 Å². The number of ether oxygens (including phenoxy) is 3. The number of carbonyl (C=O) groups is 2. The molecule has 2 amide bonds. The Labute approximate surface area is 223 Å². The van der Waals surface area contributed by atoms with E-state index in [1.807, 2.05) is 35.7 Å². The quantitative estimate of drug-likeness (QED) is 0.281. The molecular weight excluding hydrogens is 510 g/mol. The molecule has 0 spiro atoms. The lowest BCUT2D eigenvalue weighted by Crippen LogP contribution is -2.45. The van der Waals surface area contributed by atoms with Crippen molar-refractivity contribution in [2.45, 2.75) is 32.0 Å². The van der Waals surface area contributed by atoms with E-state index in [4.69, 9.17) is 14.2 Å². The van der Waals surface area contributed by atoms with Crippen molar-refractivity contribution in [3.8, 4) is 11.5 Å². The van der Waals surface area contributed by atoms with E-state index in [9.17, 15) is 19.7 Å². The topological polar surface area (TPSA) is 111 Å². The molecule has 10 nitrogen and oxygen atoms in total. The molecule has 1 saturated heterocycles. The van der Waals surface area contributed by atoms with Crippen LogP contribution in [0.4, 0.5) is 5.69 Å². The summed E-state index contributed by atoms with van der Waals surface area (Å²) in [4.78, 5) is 42.1. The fraction of sp³-hybridized carbons (Fsp3) is 0.333. The van der Waals surface area contributed by atoms with Crippen molar-refractivity contribution in [1.82, 2.24) is 9.80 Å². The molecule has 198 valence electrons. The van der Waals surface area contributed by atoms with E-state index in [2.05, 4.69) is 0 Å². The van der Waals surface area contributed by atoms with Gasteiger partial charge in [0.15, 0.2) is 11.5 Å². The number of hydrogen-bond donors (Lipinski definition) is 0. The molecule has 2 aromatic carbocycles. The maximum absolute atomic E-state index is 13.7. The second-order valence-electron chi connectivity index (χ2n) is 9.14. The Morgan fingerprint density at radius 2 is 1.89 bits per heavy atom. The molecule has 0 aliphatic carbocycles. The Hall–Kier alpha value is -3.96. The number of carbonyl (C=O) groups excluding carboxylic acids is 2. The summed E-state index contributed by atoms with van der Waals surface area (Å²) in [5, 5.41) is 13.2. The van der Waals surface area contributed by atoms with Crippen LogP contribution in [0.5, 0.6) is 11.5 Å². The lowest BCUT2D eigenvalue weighted by atomic mass is 10.1. The molecule has 1 fully saturated rings. The van der Waals surface area contributed by atoms with Crippen LogP contribution in [0.2, 0.25) is 0 Å². The van der Waals surface area contributed by atoms with E-state index in [1.165, 1.54) is 29.2 Å². The van der Waals surface area contributed by atoms with Crippen molar-refractivity contribution >= 4 is 28.8 Å². The standard InChI is InChI=1S/C27H27N3O7S/c31-26(28(16-23-7-3-11-38-23)14-19-8-9-24-25(12-19)37-18-36-24)17-29(15-22-6-2-10-35-22)27(32)20-4-1-5-21(13-20)30(33)34/h1,3-5,7-9,11-13,22H,2,6,10,14-18H2. The third-order valence-electron chi connectivity index (χ3n) is 6.46. The summed E-state index contributed by atoms with van der Waals surface area (Å²) in [6, 6.07) is 15.0. The SMILES string of the molecule is O=C(CN(CC1CCCO1)C(=O)c1cccc([N+](=O)[O-])c1)N(Cc1ccc2c(c1)OCO2)Cc1cccs1. The van der Waals surface area contributed by atoms with Crippen LogP contribution in [0.1, 0.15) is 33.6 Å². The van der Waals surface area contributed by atoms with Gasteiger partial charge in [-0.15, -0.1) is 11.3 Å². The number of amides is 2. The predicted molar refractivity (Wildman–Crippen MR) is 139 cm³/mol. The number of thiophene rings is 1. The highest BCUT2D eigenvalue weighted by atomic mass is 32.1. The van der Waals surface area contributed by atoms with Crippen LogP contribution in [0.3, 0.4) is 0 Å². The molecule has 1 atom stereocenters. The highest BCUT2D eigenvalue weighted by Gasteiger charge is 2.28. The predicted octanol–water partition coefficient (Wildman–Crippen LogP) is 4.24. The van der Waals surface area contributed by atoms with Crippen molar-refractivity contribution in [2.75, 3.05) is 26.5 Å². The lowest BCUT2D eigenvalue weighted by Gasteiger charge is -2.29. The minimum atomic E-state index is -0.541. The first-order chi connectivity index (χ1) is 18.5. The van der Waals surface area contributed by atoms with Gasteiger partial charge in [-0.3, -0.25) is 19.7 Å². The molecule has 0 radical (unpaired) electrons. The molecule has 11 heteroatoms. The van der Waals surface area contributed by atoms with Gasteiger partial charge in [0.1, 0.15) is 6.54 Å². The lowest BCUT2D eigenvalue weighted by molar-refractivity contribution is -0.384. The molecule has 5 rings (SSSR count). The fourth-order valence-electron chi connectivity index (χ4n) is 4.53. The van der Waals surface area contributed by atoms with Crippen molar-refractivity contribution in [3.63, 3.8) is 0 Å². The third-order valence-corrected chi connectivity index (χ3v) is 7.32. The first-order valence-corrected chi connectivity index (χ1v) is 13.2. The summed E-state index contributed by atoms with van der Waals surface area (Å²) >= 11 is 1.55. The average Bonchev–Trinajstić information content (AvgIpc) is 3.71. The van der Waals surface area contributed by atoms with Crippen LogP contribution in [0.15, 0.2) is 60.0 Å². The van der Waals surface area contributed by atoms with E-state index in [1.54, 1.807) is 16.2 Å². The van der Waals surface area contributed by atoms with Gasteiger partial charge >= 0.3 is 0 Å². The molecule has 38 heavy (non-hydrogen) atoms. The second kappa shape index (κ2) is 11.6. The second-order valence-corrected chi connectivity index (χ2v) is 10.2. The Kier molecular flexibility index (Phi) is 7.85. The van der Waals surface area contributed by atoms with Crippen LogP contribution >= 0.6 is 11.3 Å². The summed E-state index contributed by atoms with van der Waals surface area (Å²) in [6.07, 6.45) is 1.47. The number of benzene rings is 2. The summed E-state index contributed by atoms with van der Waals surface area (Å²) in [5.41, 5.74) is 0.849. The Bertz CT molecular complexity index is 1310. The molecule has 1 aromatic heterocycles. The number of non-ortho nitro benzene ring substituents is 1. The largest absolute Gasteiger partial charge is 0.454 e. The molecule has 2 aliphatic heterocycles. The summed E-state index contributed by atoms with van der Waals surface area (Å²) in [7, 11) is 0. The zero-order valence-corrected chi connectivity index (χ0v) is 21.4.